The molecule has 1 fully saturated rings. The van der Waals surface area contributed by atoms with Crippen LogP contribution in [0.3, 0.4) is 0 Å². The first-order valence-corrected chi connectivity index (χ1v) is 7.89. The number of hydrogen-bond acceptors (Lipinski definition) is 2. The summed E-state index contributed by atoms with van der Waals surface area (Å²) in [7, 11) is 0. The zero-order valence-electron chi connectivity index (χ0n) is 12.5. The molecule has 1 aliphatic heterocycles. The summed E-state index contributed by atoms with van der Waals surface area (Å²) in [5, 5.41) is 3.05. The lowest BCUT2D eigenvalue weighted by Gasteiger charge is -2.19. The van der Waals surface area contributed by atoms with Gasteiger partial charge in [-0.15, -0.1) is 0 Å². The second-order valence-corrected chi connectivity index (χ2v) is 5.56. The van der Waals surface area contributed by atoms with E-state index >= 15 is 0 Å². The van der Waals surface area contributed by atoms with Crippen LogP contribution in [0.5, 0.6) is 0 Å². The monoisotopic (exact) mass is 274 g/mol. The lowest BCUT2D eigenvalue weighted by Crippen LogP contribution is -2.28. The Bertz CT molecular complexity index is 423. The molecule has 1 amide bonds. The quantitative estimate of drug-likeness (QED) is 0.892. The van der Waals surface area contributed by atoms with Crippen LogP contribution in [0.4, 0.5) is 5.69 Å². The number of nitrogens with one attached hydrogen (secondary N) is 1. The number of carbonyl (C=O) groups excluding carboxylic acids is 1. The van der Waals surface area contributed by atoms with Gasteiger partial charge >= 0.3 is 0 Å². The Morgan fingerprint density at radius 3 is 2.55 bits per heavy atom. The number of likely N-dealkylation sites (tertiary alicyclic amines) is 1. The van der Waals surface area contributed by atoms with Crippen LogP contribution in [0.1, 0.15) is 44.6 Å². The van der Waals surface area contributed by atoms with E-state index in [4.69, 9.17) is 0 Å². The zero-order chi connectivity index (χ0) is 14.2. The number of nitrogens with zero attached hydrogens (tertiary/aromatic N) is 1. The molecule has 1 aromatic carbocycles. The van der Waals surface area contributed by atoms with Gasteiger partial charge in [-0.3, -0.25) is 4.79 Å². The predicted octanol–water partition coefficient (Wildman–Crippen LogP) is 3.45. The van der Waals surface area contributed by atoms with E-state index in [-0.39, 0.29) is 5.91 Å². The summed E-state index contributed by atoms with van der Waals surface area (Å²) >= 11 is 0. The SMILES string of the molecule is CCc1ccccc1NC(=O)CCN1CCCCCC1. The fourth-order valence-electron chi connectivity index (χ4n) is 2.78. The minimum absolute atomic E-state index is 0.134. The largest absolute Gasteiger partial charge is 0.326 e. The molecule has 1 saturated heterocycles. The van der Waals surface area contributed by atoms with Crippen molar-refractivity contribution in [2.24, 2.45) is 0 Å². The lowest BCUT2D eigenvalue weighted by atomic mass is 10.1. The molecular formula is C17H26N2O. The third-order valence-electron chi connectivity index (χ3n) is 4.03. The molecule has 0 aliphatic carbocycles. The Balaban J connectivity index is 1.80. The number of aryl methyl sites for hydroxylation is 1. The van der Waals surface area contributed by atoms with Crippen LogP contribution in [0.15, 0.2) is 24.3 Å². The highest BCUT2D eigenvalue weighted by Crippen LogP contribution is 2.16. The maximum Gasteiger partial charge on any atom is 0.225 e. The second-order valence-electron chi connectivity index (χ2n) is 5.56. The van der Waals surface area contributed by atoms with Gasteiger partial charge in [0.05, 0.1) is 0 Å². The molecule has 1 heterocycles. The average molecular weight is 274 g/mol. The van der Waals surface area contributed by atoms with Crippen molar-refractivity contribution in [1.82, 2.24) is 4.90 Å². The van der Waals surface area contributed by atoms with Crippen LogP contribution < -0.4 is 5.32 Å². The molecule has 3 nitrogen and oxygen atoms in total. The van der Waals surface area contributed by atoms with Gasteiger partial charge in [0.2, 0.25) is 5.91 Å². The number of benzene rings is 1. The maximum atomic E-state index is 12.1. The fourth-order valence-corrected chi connectivity index (χ4v) is 2.78. The highest BCUT2D eigenvalue weighted by molar-refractivity contribution is 5.91. The van der Waals surface area contributed by atoms with Crippen molar-refractivity contribution in [1.29, 1.82) is 0 Å². The van der Waals surface area contributed by atoms with Gasteiger partial charge in [-0.25, -0.2) is 0 Å². The minimum atomic E-state index is 0.134. The molecule has 0 saturated carbocycles. The van der Waals surface area contributed by atoms with E-state index in [2.05, 4.69) is 23.2 Å². The Kier molecular flexibility index (Phi) is 6.06. The zero-order valence-corrected chi connectivity index (χ0v) is 12.5. The molecule has 1 N–H and O–H groups in total. The van der Waals surface area contributed by atoms with Gasteiger partial charge in [0.25, 0.3) is 0 Å². The molecule has 0 atom stereocenters. The van der Waals surface area contributed by atoms with E-state index in [9.17, 15) is 4.79 Å². The minimum Gasteiger partial charge on any atom is -0.326 e. The average Bonchev–Trinajstić information content (AvgIpc) is 2.74. The van der Waals surface area contributed by atoms with Crippen LogP contribution in [0.25, 0.3) is 0 Å². The summed E-state index contributed by atoms with van der Waals surface area (Å²) in [6.07, 6.45) is 6.78. The van der Waals surface area contributed by atoms with E-state index in [0.717, 1.165) is 31.7 Å². The molecule has 0 spiro atoms. The van der Waals surface area contributed by atoms with Gasteiger partial charge in [0, 0.05) is 18.7 Å². The number of para-hydroxylation sites is 1. The number of rotatable bonds is 5. The molecule has 0 aromatic heterocycles. The standard InChI is InChI=1S/C17H26N2O/c1-2-15-9-5-6-10-16(15)18-17(20)11-14-19-12-7-3-4-8-13-19/h5-6,9-10H,2-4,7-8,11-14H2,1H3,(H,18,20). The smallest absolute Gasteiger partial charge is 0.225 e. The Labute approximate surface area is 122 Å². The fraction of sp³-hybridized carbons (Fsp3) is 0.588. The van der Waals surface area contributed by atoms with E-state index in [1.54, 1.807) is 0 Å². The summed E-state index contributed by atoms with van der Waals surface area (Å²) in [5.74, 6) is 0.134. The van der Waals surface area contributed by atoms with Crippen molar-refractivity contribution < 1.29 is 4.79 Å². The third-order valence-corrected chi connectivity index (χ3v) is 4.03. The molecular weight excluding hydrogens is 248 g/mol. The lowest BCUT2D eigenvalue weighted by molar-refractivity contribution is -0.116. The van der Waals surface area contributed by atoms with Gasteiger partial charge in [-0.2, -0.15) is 0 Å². The van der Waals surface area contributed by atoms with E-state index in [1.165, 1.54) is 31.2 Å². The number of hydrogen-bond donors (Lipinski definition) is 1. The van der Waals surface area contributed by atoms with Gasteiger partial charge in [0.1, 0.15) is 0 Å². The highest BCUT2D eigenvalue weighted by atomic mass is 16.1. The van der Waals surface area contributed by atoms with Crippen molar-refractivity contribution in [3.8, 4) is 0 Å². The molecule has 1 aliphatic rings. The van der Waals surface area contributed by atoms with Crippen molar-refractivity contribution >= 4 is 11.6 Å². The molecule has 3 heteroatoms. The Hall–Kier alpha value is -1.35. The van der Waals surface area contributed by atoms with Crippen molar-refractivity contribution in [2.45, 2.75) is 45.4 Å². The van der Waals surface area contributed by atoms with E-state index in [0.29, 0.717) is 6.42 Å². The number of amides is 1. The molecule has 0 radical (unpaired) electrons. The van der Waals surface area contributed by atoms with Crippen LogP contribution in [-0.2, 0) is 11.2 Å². The first-order valence-electron chi connectivity index (χ1n) is 7.89. The van der Waals surface area contributed by atoms with Gasteiger partial charge in [0.15, 0.2) is 0 Å². The third kappa shape index (κ3) is 4.64. The van der Waals surface area contributed by atoms with Crippen LogP contribution in [0, 0.1) is 0 Å². The van der Waals surface area contributed by atoms with Gasteiger partial charge in [-0.1, -0.05) is 38.0 Å². The summed E-state index contributed by atoms with van der Waals surface area (Å²) in [4.78, 5) is 14.5. The van der Waals surface area contributed by atoms with Crippen LogP contribution >= 0.6 is 0 Å². The van der Waals surface area contributed by atoms with Crippen LogP contribution in [0.2, 0.25) is 0 Å². The Morgan fingerprint density at radius 2 is 1.85 bits per heavy atom. The Morgan fingerprint density at radius 1 is 1.15 bits per heavy atom. The molecule has 2 rings (SSSR count). The topological polar surface area (TPSA) is 32.3 Å². The normalized spacial score (nSPS) is 16.6. The van der Waals surface area contributed by atoms with Crippen molar-refractivity contribution in [3.05, 3.63) is 29.8 Å². The van der Waals surface area contributed by atoms with Gasteiger partial charge < -0.3 is 10.2 Å². The van der Waals surface area contributed by atoms with Crippen molar-refractivity contribution in [3.63, 3.8) is 0 Å². The summed E-state index contributed by atoms with van der Waals surface area (Å²) in [6, 6.07) is 8.06. The number of anilines is 1. The van der Waals surface area contributed by atoms with Crippen molar-refractivity contribution in [2.75, 3.05) is 25.0 Å². The first-order chi connectivity index (χ1) is 9.79. The van der Waals surface area contributed by atoms with E-state index in [1.807, 2.05) is 18.2 Å². The molecule has 20 heavy (non-hydrogen) atoms. The predicted molar refractivity (Wildman–Crippen MR) is 84.0 cm³/mol. The molecule has 0 bridgehead atoms. The maximum absolute atomic E-state index is 12.1. The molecule has 1 aromatic rings. The summed E-state index contributed by atoms with van der Waals surface area (Å²) in [6.45, 7) is 5.31. The summed E-state index contributed by atoms with van der Waals surface area (Å²) < 4.78 is 0. The summed E-state index contributed by atoms with van der Waals surface area (Å²) in [5.41, 5.74) is 2.17. The second kappa shape index (κ2) is 8.05. The first kappa shape index (κ1) is 15.0. The molecule has 0 unspecified atom stereocenters. The van der Waals surface area contributed by atoms with E-state index < -0.39 is 0 Å². The number of carbonyl (C=O) groups is 1. The highest BCUT2D eigenvalue weighted by Gasteiger charge is 2.11. The molecule has 110 valence electrons. The van der Waals surface area contributed by atoms with Gasteiger partial charge in [-0.05, 0) is 44.0 Å². The van der Waals surface area contributed by atoms with Crippen LogP contribution in [-0.4, -0.2) is 30.4 Å².